The Hall–Kier alpha value is -1.22. The molecule has 2 heterocycles. The van der Waals surface area contributed by atoms with Crippen molar-refractivity contribution in [2.75, 3.05) is 20.1 Å². The number of piperidine rings is 1. The first-order valence-electron chi connectivity index (χ1n) is 7.26. The highest BCUT2D eigenvalue weighted by Gasteiger charge is 2.40. The lowest BCUT2D eigenvalue weighted by Gasteiger charge is -2.44. The van der Waals surface area contributed by atoms with Crippen LogP contribution in [-0.2, 0) is 6.42 Å². The molecule has 1 unspecified atom stereocenters. The molecule has 1 aromatic rings. The van der Waals surface area contributed by atoms with Crippen molar-refractivity contribution in [1.82, 2.24) is 4.90 Å². The molecule has 0 aliphatic carbocycles. The van der Waals surface area contributed by atoms with Gasteiger partial charge in [-0.15, -0.1) is 0 Å². The molecule has 104 valence electrons. The number of nitrogens with zero attached hydrogens (tertiary/aromatic N) is 1. The van der Waals surface area contributed by atoms with Crippen LogP contribution >= 0.6 is 0 Å². The molecule has 0 radical (unpaired) electrons. The highest BCUT2D eigenvalue weighted by atomic mass is 16.5. The number of aromatic hydroxyl groups is 1. The summed E-state index contributed by atoms with van der Waals surface area (Å²) < 4.78 is 6.32. The number of rotatable bonds is 1. The molecule has 1 atom stereocenters. The van der Waals surface area contributed by atoms with Crippen LogP contribution in [0.15, 0.2) is 18.2 Å². The van der Waals surface area contributed by atoms with E-state index in [-0.39, 0.29) is 5.60 Å². The van der Waals surface area contributed by atoms with Crippen molar-refractivity contribution in [3.63, 3.8) is 0 Å². The number of phenolic OH excluding ortho intramolecular Hbond substituents is 1. The summed E-state index contributed by atoms with van der Waals surface area (Å²) in [7, 11) is 2.19. The predicted octanol–water partition coefficient (Wildman–Crippen LogP) is 2.82. The molecule has 0 aromatic heterocycles. The molecule has 0 spiro atoms. The van der Waals surface area contributed by atoms with E-state index in [0.717, 1.165) is 24.2 Å². The molecule has 3 rings (SSSR count). The molecule has 0 saturated carbocycles. The molecule has 0 amide bonds. The summed E-state index contributed by atoms with van der Waals surface area (Å²) in [5.74, 6) is 1.95. The molecule has 0 bridgehead atoms. The second-order valence-electron chi connectivity index (χ2n) is 6.28. The third-order valence-corrected chi connectivity index (χ3v) is 4.86. The fourth-order valence-corrected chi connectivity index (χ4v) is 3.45. The lowest BCUT2D eigenvalue weighted by atomic mass is 9.77. The van der Waals surface area contributed by atoms with Crippen LogP contribution in [0.5, 0.6) is 11.5 Å². The zero-order valence-corrected chi connectivity index (χ0v) is 11.9. The van der Waals surface area contributed by atoms with Crippen molar-refractivity contribution >= 4 is 0 Å². The summed E-state index contributed by atoms with van der Waals surface area (Å²) in [6, 6.07) is 5.47. The van der Waals surface area contributed by atoms with E-state index in [0.29, 0.717) is 11.7 Å². The molecule has 3 heteroatoms. The van der Waals surface area contributed by atoms with Gasteiger partial charge in [0.15, 0.2) is 0 Å². The fourth-order valence-electron chi connectivity index (χ4n) is 3.45. The van der Waals surface area contributed by atoms with Gasteiger partial charge >= 0.3 is 0 Å². The minimum Gasteiger partial charge on any atom is -0.508 e. The van der Waals surface area contributed by atoms with Crippen molar-refractivity contribution in [2.45, 2.75) is 38.2 Å². The number of likely N-dealkylation sites (tertiary alicyclic amines) is 1. The Morgan fingerprint density at radius 1 is 1.32 bits per heavy atom. The number of benzene rings is 1. The van der Waals surface area contributed by atoms with E-state index in [2.05, 4.69) is 18.9 Å². The number of hydrogen-bond donors (Lipinski definition) is 1. The van der Waals surface area contributed by atoms with E-state index in [1.54, 1.807) is 6.07 Å². The lowest BCUT2D eigenvalue weighted by molar-refractivity contribution is -0.0185. The van der Waals surface area contributed by atoms with Crippen LogP contribution in [0, 0.1) is 5.92 Å². The van der Waals surface area contributed by atoms with Crippen LogP contribution in [0.1, 0.15) is 31.7 Å². The maximum Gasteiger partial charge on any atom is 0.123 e. The molecule has 1 saturated heterocycles. The molecule has 2 aliphatic rings. The monoisotopic (exact) mass is 261 g/mol. The minimum absolute atomic E-state index is 0.0365. The van der Waals surface area contributed by atoms with Gasteiger partial charge in [-0.3, -0.25) is 0 Å². The zero-order chi connectivity index (χ0) is 13.5. The van der Waals surface area contributed by atoms with Gasteiger partial charge in [-0.2, -0.15) is 0 Å². The number of phenols is 1. The predicted molar refractivity (Wildman–Crippen MR) is 75.7 cm³/mol. The van der Waals surface area contributed by atoms with E-state index in [4.69, 9.17) is 4.74 Å². The summed E-state index contributed by atoms with van der Waals surface area (Å²) in [5.41, 5.74) is 1.11. The molecule has 3 nitrogen and oxygen atoms in total. The van der Waals surface area contributed by atoms with Gasteiger partial charge in [0.2, 0.25) is 0 Å². The Morgan fingerprint density at radius 3 is 2.79 bits per heavy atom. The van der Waals surface area contributed by atoms with Gasteiger partial charge in [0.05, 0.1) is 0 Å². The van der Waals surface area contributed by atoms with Gasteiger partial charge in [-0.1, -0.05) is 0 Å². The van der Waals surface area contributed by atoms with Crippen molar-refractivity contribution in [3.05, 3.63) is 23.8 Å². The van der Waals surface area contributed by atoms with Crippen molar-refractivity contribution in [3.8, 4) is 11.5 Å². The zero-order valence-electron chi connectivity index (χ0n) is 11.9. The lowest BCUT2D eigenvalue weighted by Crippen LogP contribution is -2.48. The highest BCUT2D eigenvalue weighted by molar-refractivity contribution is 5.41. The van der Waals surface area contributed by atoms with Crippen LogP contribution in [0.4, 0.5) is 0 Å². The standard InChI is InChI=1S/C16H23NO2/c1-16(13-6-9-17(2)10-7-13)8-5-12-11-14(18)3-4-15(12)19-16/h3-4,11,13,18H,5-10H2,1-2H3. The van der Waals surface area contributed by atoms with E-state index in [9.17, 15) is 5.11 Å². The van der Waals surface area contributed by atoms with Crippen molar-refractivity contribution in [2.24, 2.45) is 5.92 Å². The van der Waals surface area contributed by atoms with Gasteiger partial charge in [0, 0.05) is 5.92 Å². The quantitative estimate of drug-likeness (QED) is 0.843. The van der Waals surface area contributed by atoms with Gasteiger partial charge in [-0.25, -0.2) is 0 Å². The Balaban J connectivity index is 1.78. The summed E-state index contributed by atoms with van der Waals surface area (Å²) in [4.78, 5) is 2.40. The normalized spacial score (nSPS) is 28.7. The summed E-state index contributed by atoms with van der Waals surface area (Å²) in [6.07, 6.45) is 4.51. The summed E-state index contributed by atoms with van der Waals surface area (Å²) >= 11 is 0. The van der Waals surface area contributed by atoms with E-state index in [1.165, 1.54) is 25.9 Å². The maximum absolute atomic E-state index is 9.54. The second-order valence-corrected chi connectivity index (χ2v) is 6.28. The summed E-state index contributed by atoms with van der Waals surface area (Å²) in [5, 5.41) is 9.54. The summed E-state index contributed by atoms with van der Waals surface area (Å²) in [6.45, 7) is 4.61. The van der Waals surface area contributed by atoms with Crippen LogP contribution in [-0.4, -0.2) is 35.7 Å². The SMILES string of the molecule is CN1CCC(C2(C)CCc3cc(O)ccc3O2)CC1. The molecule has 1 N–H and O–H groups in total. The van der Waals surface area contributed by atoms with Gasteiger partial charge < -0.3 is 14.7 Å². The van der Waals surface area contributed by atoms with E-state index in [1.807, 2.05) is 12.1 Å². The average molecular weight is 261 g/mol. The average Bonchev–Trinajstić information content (AvgIpc) is 2.40. The van der Waals surface area contributed by atoms with Crippen LogP contribution < -0.4 is 4.74 Å². The Morgan fingerprint density at radius 2 is 2.05 bits per heavy atom. The molecule has 2 aliphatic heterocycles. The first-order valence-corrected chi connectivity index (χ1v) is 7.26. The minimum atomic E-state index is -0.0365. The largest absolute Gasteiger partial charge is 0.508 e. The molecule has 1 aromatic carbocycles. The third-order valence-electron chi connectivity index (χ3n) is 4.86. The van der Waals surface area contributed by atoms with Crippen molar-refractivity contribution < 1.29 is 9.84 Å². The first kappa shape index (κ1) is 12.8. The second kappa shape index (κ2) is 4.71. The third kappa shape index (κ3) is 2.44. The maximum atomic E-state index is 9.54. The highest BCUT2D eigenvalue weighted by Crippen LogP contribution is 2.41. The van der Waals surface area contributed by atoms with E-state index < -0.39 is 0 Å². The van der Waals surface area contributed by atoms with Gasteiger partial charge in [-0.05, 0) is 76.5 Å². The van der Waals surface area contributed by atoms with Crippen LogP contribution in [0.25, 0.3) is 0 Å². The number of fused-ring (bicyclic) bond motifs is 1. The first-order chi connectivity index (χ1) is 9.07. The van der Waals surface area contributed by atoms with Gasteiger partial charge in [0.1, 0.15) is 17.1 Å². The smallest absolute Gasteiger partial charge is 0.123 e. The fraction of sp³-hybridized carbons (Fsp3) is 0.625. The molecular weight excluding hydrogens is 238 g/mol. The van der Waals surface area contributed by atoms with Gasteiger partial charge in [0.25, 0.3) is 0 Å². The Bertz CT molecular complexity index is 466. The molecule has 19 heavy (non-hydrogen) atoms. The van der Waals surface area contributed by atoms with Crippen LogP contribution in [0.2, 0.25) is 0 Å². The Kier molecular flexibility index (Phi) is 3.17. The Labute approximate surface area is 115 Å². The van der Waals surface area contributed by atoms with Crippen molar-refractivity contribution in [1.29, 1.82) is 0 Å². The number of hydrogen-bond acceptors (Lipinski definition) is 3. The topological polar surface area (TPSA) is 32.7 Å². The number of ether oxygens (including phenoxy) is 1. The molecule has 1 fully saturated rings. The van der Waals surface area contributed by atoms with Crippen LogP contribution in [0.3, 0.4) is 0 Å². The molecular formula is C16H23NO2. The van der Waals surface area contributed by atoms with E-state index >= 15 is 0 Å². The number of aryl methyl sites for hydroxylation is 1.